The summed E-state index contributed by atoms with van der Waals surface area (Å²) in [4.78, 5) is 12.5. The fraction of sp³-hybridized carbons (Fsp3) is 0.944. The van der Waals surface area contributed by atoms with E-state index in [2.05, 4.69) is 19.6 Å². The first-order valence-electron chi connectivity index (χ1n) is 9.64. The number of carbonyl (C=O) groups is 1. The van der Waals surface area contributed by atoms with Gasteiger partial charge in [0.15, 0.2) is 5.79 Å². The summed E-state index contributed by atoms with van der Waals surface area (Å²) in [5.41, 5.74) is 6.09. The normalized spacial score (nSPS) is 36.9. The summed E-state index contributed by atoms with van der Waals surface area (Å²) >= 11 is 0. The Hall–Kier alpha value is -0.593. The molecule has 0 aromatic carbocycles. The molecule has 2 saturated heterocycles. The summed E-state index contributed by atoms with van der Waals surface area (Å²) < 4.78 is 27.8. The molecule has 0 saturated carbocycles. The average molecular weight is 422 g/mol. The van der Waals surface area contributed by atoms with Crippen LogP contribution < -0.4 is 5.73 Å². The maximum absolute atomic E-state index is 12.5. The van der Waals surface area contributed by atoms with Gasteiger partial charge in [-0.25, -0.2) is 4.79 Å². The molecule has 0 aliphatic carbocycles. The molecule has 6 atom stereocenters. The van der Waals surface area contributed by atoms with Crippen LogP contribution in [0.15, 0.2) is 0 Å². The predicted molar refractivity (Wildman–Crippen MR) is 103 cm³/mol. The summed E-state index contributed by atoms with van der Waals surface area (Å²) in [6.45, 7) is 10.4. The van der Waals surface area contributed by atoms with Crippen molar-refractivity contribution in [2.75, 3.05) is 20.3 Å². The lowest BCUT2D eigenvalue weighted by Gasteiger charge is -2.46. The highest BCUT2D eigenvalue weighted by Crippen LogP contribution is 2.35. The van der Waals surface area contributed by atoms with Gasteiger partial charge in [0.2, 0.25) is 0 Å². The number of aliphatic hydroxyl groups excluding tert-OH is 2. The first-order valence-corrected chi connectivity index (χ1v) is 13.3. The van der Waals surface area contributed by atoms with E-state index >= 15 is 0 Å². The molecule has 0 aromatic rings. The molecule has 0 bridgehead atoms. The summed E-state index contributed by atoms with van der Waals surface area (Å²) in [6.07, 6.45) is -4.35. The third-order valence-corrected chi connectivity index (χ3v) is 6.76. The molecule has 0 radical (unpaired) electrons. The van der Waals surface area contributed by atoms with Crippen LogP contribution in [0, 0.1) is 0 Å². The Morgan fingerprint density at radius 2 is 1.96 bits per heavy atom. The number of carbonyl (C=O) groups excluding carboxylic acids is 1. The molecule has 0 unspecified atom stereocenters. The Kier molecular flexibility index (Phi) is 7.31. The van der Waals surface area contributed by atoms with Crippen molar-refractivity contribution in [1.29, 1.82) is 0 Å². The standard InChI is InChI=1S/C18H35NO8Si/c1-17(2)25-10-12(26-17)14(21)15-13(19)11(20)9-18(27-15,16(22)23-3)24-7-8-28(4,5)6/h11-15,20-21H,7-10,19H2,1-6H3/t11-,12+,13+,14+,15+,18+/m0/s1. The molecule has 2 rings (SSSR count). The van der Waals surface area contributed by atoms with Crippen LogP contribution in [-0.4, -0.2) is 86.6 Å². The molecule has 0 aromatic heterocycles. The van der Waals surface area contributed by atoms with Crippen LogP contribution in [-0.2, 0) is 28.5 Å². The van der Waals surface area contributed by atoms with Crippen molar-refractivity contribution < 1.29 is 38.7 Å². The number of hydrogen-bond donors (Lipinski definition) is 3. The number of nitrogens with two attached hydrogens (primary N) is 1. The second-order valence-corrected chi connectivity index (χ2v) is 14.8. The zero-order valence-corrected chi connectivity index (χ0v) is 18.6. The van der Waals surface area contributed by atoms with Gasteiger partial charge in [0.25, 0.3) is 5.79 Å². The van der Waals surface area contributed by atoms with Crippen molar-refractivity contribution >= 4 is 14.0 Å². The number of ether oxygens (including phenoxy) is 5. The lowest BCUT2D eigenvalue weighted by atomic mass is 9.89. The molecule has 10 heteroatoms. The molecule has 0 spiro atoms. The van der Waals surface area contributed by atoms with Gasteiger partial charge in [-0.05, 0) is 19.9 Å². The van der Waals surface area contributed by atoms with Crippen LogP contribution in [0.2, 0.25) is 25.7 Å². The number of rotatable bonds is 7. The highest BCUT2D eigenvalue weighted by molar-refractivity contribution is 6.76. The van der Waals surface area contributed by atoms with E-state index in [0.29, 0.717) is 0 Å². The number of hydrogen-bond acceptors (Lipinski definition) is 9. The molecule has 2 aliphatic rings. The first-order chi connectivity index (χ1) is 12.8. The third kappa shape index (κ3) is 5.51. The van der Waals surface area contributed by atoms with Crippen LogP contribution in [0.25, 0.3) is 0 Å². The van der Waals surface area contributed by atoms with E-state index in [9.17, 15) is 15.0 Å². The quantitative estimate of drug-likeness (QED) is 0.390. The van der Waals surface area contributed by atoms with Crippen molar-refractivity contribution in [3.63, 3.8) is 0 Å². The molecule has 9 nitrogen and oxygen atoms in total. The zero-order chi connectivity index (χ0) is 21.3. The van der Waals surface area contributed by atoms with Gasteiger partial charge < -0.3 is 39.6 Å². The summed E-state index contributed by atoms with van der Waals surface area (Å²) in [5, 5.41) is 21.3. The van der Waals surface area contributed by atoms with Gasteiger partial charge in [0.05, 0.1) is 25.9 Å². The van der Waals surface area contributed by atoms with Crippen molar-refractivity contribution in [2.24, 2.45) is 5.73 Å². The monoisotopic (exact) mass is 421 g/mol. The van der Waals surface area contributed by atoms with E-state index in [1.807, 2.05) is 0 Å². The number of methoxy groups -OCH3 is 1. The second kappa shape index (κ2) is 8.64. The van der Waals surface area contributed by atoms with Gasteiger partial charge in [0.1, 0.15) is 18.3 Å². The lowest BCUT2D eigenvalue weighted by molar-refractivity contribution is -0.309. The molecule has 2 aliphatic heterocycles. The van der Waals surface area contributed by atoms with Gasteiger partial charge in [-0.2, -0.15) is 0 Å². The fourth-order valence-corrected chi connectivity index (χ4v) is 4.04. The van der Waals surface area contributed by atoms with E-state index in [4.69, 9.17) is 29.4 Å². The summed E-state index contributed by atoms with van der Waals surface area (Å²) in [7, 11) is -0.212. The smallest absolute Gasteiger partial charge is 0.366 e. The molecule has 164 valence electrons. The van der Waals surface area contributed by atoms with Gasteiger partial charge in [0, 0.05) is 21.1 Å². The van der Waals surface area contributed by atoms with Crippen molar-refractivity contribution in [3.05, 3.63) is 0 Å². The summed E-state index contributed by atoms with van der Waals surface area (Å²) in [5.74, 6) is -3.45. The minimum Gasteiger partial charge on any atom is -0.465 e. The van der Waals surface area contributed by atoms with Gasteiger partial charge in [-0.3, -0.25) is 0 Å². The van der Waals surface area contributed by atoms with E-state index in [1.165, 1.54) is 7.11 Å². The molecular formula is C18H35NO8Si. The fourth-order valence-electron chi connectivity index (χ4n) is 3.33. The van der Waals surface area contributed by atoms with Gasteiger partial charge in [-0.15, -0.1) is 0 Å². The van der Waals surface area contributed by atoms with E-state index in [-0.39, 0.29) is 19.6 Å². The van der Waals surface area contributed by atoms with E-state index in [1.54, 1.807) is 13.8 Å². The van der Waals surface area contributed by atoms with Crippen LogP contribution in [0.1, 0.15) is 20.3 Å². The van der Waals surface area contributed by atoms with Crippen LogP contribution >= 0.6 is 0 Å². The maximum atomic E-state index is 12.5. The van der Waals surface area contributed by atoms with Crippen LogP contribution in [0.4, 0.5) is 0 Å². The molecule has 28 heavy (non-hydrogen) atoms. The minimum atomic E-state index is -1.83. The second-order valence-electron chi connectivity index (χ2n) is 9.19. The topological polar surface area (TPSA) is 130 Å². The first kappa shape index (κ1) is 23.7. The van der Waals surface area contributed by atoms with Gasteiger partial charge in [-0.1, -0.05) is 19.6 Å². The minimum absolute atomic E-state index is 0.137. The molecule has 4 N–H and O–H groups in total. The largest absolute Gasteiger partial charge is 0.465 e. The molecule has 0 amide bonds. The zero-order valence-electron chi connectivity index (χ0n) is 17.6. The third-order valence-electron chi connectivity index (χ3n) is 5.06. The van der Waals surface area contributed by atoms with E-state index in [0.717, 1.165) is 6.04 Å². The molecule has 2 heterocycles. The predicted octanol–water partition coefficient (Wildman–Crippen LogP) is 0.200. The van der Waals surface area contributed by atoms with Crippen molar-refractivity contribution in [2.45, 2.75) is 88.0 Å². The van der Waals surface area contributed by atoms with E-state index < -0.39 is 56.1 Å². The number of esters is 1. The van der Waals surface area contributed by atoms with Crippen molar-refractivity contribution in [1.82, 2.24) is 0 Å². The Labute approximate surface area is 167 Å². The average Bonchev–Trinajstić information content (AvgIpc) is 2.95. The highest BCUT2D eigenvalue weighted by Gasteiger charge is 2.56. The summed E-state index contributed by atoms with van der Waals surface area (Å²) in [6, 6.07) is -0.140. The Balaban J connectivity index is 2.20. The van der Waals surface area contributed by atoms with Crippen molar-refractivity contribution in [3.8, 4) is 0 Å². The van der Waals surface area contributed by atoms with Crippen LogP contribution in [0.3, 0.4) is 0 Å². The van der Waals surface area contributed by atoms with Crippen LogP contribution in [0.5, 0.6) is 0 Å². The maximum Gasteiger partial charge on any atom is 0.366 e. The molecular weight excluding hydrogens is 386 g/mol. The Morgan fingerprint density at radius 1 is 1.32 bits per heavy atom. The Bertz CT molecular complexity index is 554. The lowest BCUT2D eigenvalue weighted by Crippen LogP contribution is -2.66. The Morgan fingerprint density at radius 3 is 2.46 bits per heavy atom. The van der Waals surface area contributed by atoms with Gasteiger partial charge >= 0.3 is 5.97 Å². The SMILES string of the molecule is COC(=O)[C@@]1(OCC[Si](C)(C)C)C[C@H](O)[C@@H](N)[C@H]([C@H](O)[C@H]2COC(C)(C)O2)O1. The molecule has 2 fully saturated rings. The number of aliphatic hydroxyl groups is 2. The highest BCUT2D eigenvalue weighted by atomic mass is 28.3.